The average molecular weight is 355 g/mol. The van der Waals surface area contributed by atoms with E-state index in [0.29, 0.717) is 9.80 Å². The van der Waals surface area contributed by atoms with Gasteiger partial charge in [0.2, 0.25) is 0 Å². The summed E-state index contributed by atoms with van der Waals surface area (Å²) in [6, 6.07) is 4.49. The van der Waals surface area contributed by atoms with E-state index in [1.807, 2.05) is 0 Å². The van der Waals surface area contributed by atoms with Gasteiger partial charge in [0, 0.05) is 15.9 Å². The molecule has 0 aliphatic carbocycles. The average Bonchev–Trinajstić information content (AvgIpc) is 2.26. The Morgan fingerprint density at radius 3 is 2.81 bits per heavy atom. The molecule has 0 saturated heterocycles. The van der Waals surface area contributed by atoms with Crippen LogP contribution in [0.1, 0.15) is 0 Å². The zero-order valence-electron chi connectivity index (χ0n) is 8.10. The minimum absolute atomic E-state index is 0.00766. The van der Waals surface area contributed by atoms with E-state index < -0.39 is 11.0 Å². The highest BCUT2D eigenvalue weighted by molar-refractivity contribution is 9.10. The Hall–Kier alpha value is -0.660. The van der Waals surface area contributed by atoms with Gasteiger partial charge in [0.15, 0.2) is 5.75 Å². The number of alkyl halides is 1. The second-order valence-corrected chi connectivity index (χ2v) is 4.55. The van der Waals surface area contributed by atoms with E-state index in [-0.39, 0.29) is 18.0 Å². The van der Waals surface area contributed by atoms with Gasteiger partial charge < -0.3 is 9.84 Å². The first kappa shape index (κ1) is 13.4. The molecule has 0 bridgehead atoms. The molecule has 0 aromatic heterocycles. The number of nitro groups is 1. The fourth-order valence-corrected chi connectivity index (χ4v) is 1.52. The molecular weight excluding hydrogens is 346 g/mol. The molecule has 16 heavy (non-hydrogen) atoms. The SMILES string of the molecule is O=[N+]([O-])c1cc(Br)ccc1OCC(O)CBr. The molecule has 1 aromatic carbocycles. The molecule has 7 heteroatoms. The normalized spacial score (nSPS) is 12.2. The number of ether oxygens (including phenoxy) is 1. The Bertz CT molecular complexity index is 386. The van der Waals surface area contributed by atoms with Gasteiger partial charge >= 0.3 is 5.69 Å². The van der Waals surface area contributed by atoms with Crippen LogP contribution >= 0.6 is 31.9 Å². The van der Waals surface area contributed by atoms with Crippen molar-refractivity contribution in [1.29, 1.82) is 0 Å². The highest BCUT2D eigenvalue weighted by Gasteiger charge is 2.16. The molecule has 1 aromatic rings. The van der Waals surface area contributed by atoms with Crippen molar-refractivity contribution in [3.05, 3.63) is 32.8 Å². The van der Waals surface area contributed by atoms with Crippen molar-refractivity contribution >= 4 is 37.5 Å². The standard InChI is InChI=1S/C9H9Br2NO4/c10-4-7(13)5-16-9-2-1-6(11)3-8(9)12(14)15/h1-3,7,13H,4-5H2. The number of nitro benzene ring substituents is 1. The van der Waals surface area contributed by atoms with Crippen LogP contribution in [0.2, 0.25) is 0 Å². The number of nitrogens with zero attached hydrogens (tertiary/aromatic N) is 1. The van der Waals surface area contributed by atoms with Gasteiger partial charge in [-0.1, -0.05) is 31.9 Å². The first-order valence-electron chi connectivity index (χ1n) is 4.35. The Kier molecular flexibility index (Phi) is 5.17. The predicted molar refractivity (Wildman–Crippen MR) is 66.1 cm³/mol. The lowest BCUT2D eigenvalue weighted by Crippen LogP contribution is -2.18. The van der Waals surface area contributed by atoms with Crippen LogP contribution in [0.5, 0.6) is 5.75 Å². The summed E-state index contributed by atoms with van der Waals surface area (Å²) in [5.41, 5.74) is -0.129. The number of halogens is 2. The van der Waals surface area contributed by atoms with E-state index in [1.165, 1.54) is 12.1 Å². The molecule has 1 N–H and O–H groups in total. The summed E-state index contributed by atoms with van der Waals surface area (Å²) in [4.78, 5) is 10.2. The van der Waals surface area contributed by atoms with Gasteiger partial charge in [0.25, 0.3) is 0 Å². The van der Waals surface area contributed by atoms with Crippen molar-refractivity contribution in [3.63, 3.8) is 0 Å². The maximum atomic E-state index is 10.7. The first-order valence-corrected chi connectivity index (χ1v) is 6.26. The van der Waals surface area contributed by atoms with E-state index in [4.69, 9.17) is 4.74 Å². The van der Waals surface area contributed by atoms with Crippen molar-refractivity contribution in [2.24, 2.45) is 0 Å². The van der Waals surface area contributed by atoms with Gasteiger partial charge in [-0.15, -0.1) is 0 Å². The number of aliphatic hydroxyl groups excluding tert-OH is 1. The third-order valence-corrected chi connectivity index (χ3v) is 2.97. The summed E-state index contributed by atoms with van der Waals surface area (Å²) in [7, 11) is 0. The van der Waals surface area contributed by atoms with E-state index in [1.54, 1.807) is 6.07 Å². The van der Waals surface area contributed by atoms with Crippen LogP contribution < -0.4 is 4.74 Å². The topological polar surface area (TPSA) is 72.6 Å². The molecule has 88 valence electrons. The molecule has 0 amide bonds. The Labute approximate surface area is 109 Å². The molecule has 0 aliphatic rings. The first-order chi connectivity index (χ1) is 7.54. The van der Waals surface area contributed by atoms with Gasteiger partial charge in [-0.05, 0) is 12.1 Å². The lowest BCUT2D eigenvalue weighted by atomic mass is 10.3. The fraction of sp³-hybridized carbons (Fsp3) is 0.333. The summed E-state index contributed by atoms with van der Waals surface area (Å²) < 4.78 is 5.77. The minimum atomic E-state index is -0.691. The maximum absolute atomic E-state index is 10.7. The highest BCUT2D eigenvalue weighted by Crippen LogP contribution is 2.30. The smallest absolute Gasteiger partial charge is 0.312 e. The lowest BCUT2D eigenvalue weighted by Gasteiger charge is -2.09. The van der Waals surface area contributed by atoms with Crippen molar-refractivity contribution in [2.75, 3.05) is 11.9 Å². The van der Waals surface area contributed by atoms with Crippen LogP contribution in [-0.2, 0) is 0 Å². The van der Waals surface area contributed by atoms with E-state index in [0.717, 1.165) is 0 Å². The number of benzene rings is 1. The quantitative estimate of drug-likeness (QED) is 0.501. The summed E-state index contributed by atoms with van der Waals surface area (Å²) in [5.74, 6) is 0.146. The minimum Gasteiger partial charge on any atom is -0.484 e. The van der Waals surface area contributed by atoms with Crippen LogP contribution in [0.15, 0.2) is 22.7 Å². The molecule has 5 nitrogen and oxygen atoms in total. The highest BCUT2D eigenvalue weighted by atomic mass is 79.9. The van der Waals surface area contributed by atoms with Gasteiger partial charge in [-0.2, -0.15) is 0 Å². The second-order valence-electron chi connectivity index (χ2n) is 2.99. The fourth-order valence-electron chi connectivity index (χ4n) is 0.986. The van der Waals surface area contributed by atoms with Crippen LogP contribution in [0.4, 0.5) is 5.69 Å². The molecule has 0 fully saturated rings. The van der Waals surface area contributed by atoms with Crippen LogP contribution in [0, 0.1) is 10.1 Å². The number of rotatable bonds is 5. The van der Waals surface area contributed by atoms with Gasteiger partial charge in [-0.25, -0.2) is 0 Å². The maximum Gasteiger partial charge on any atom is 0.312 e. The third-order valence-electron chi connectivity index (χ3n) is 1.73. The molecule has 0 radical (unpaired) electrons. The van der Waals surface area contributed by atoms with E-state index in [9.17, 15) is 15.2 Å². The van der Waals surface area contributed by atoms with Crippen LogP contribution in [0.25, 0.3) is 0 Å². The number of aliphatic hydroxyl groups is 1. The molecule has 0 saturated carbocycles. The van der Waals surface area contributed by atoms with E-state index in [2.05, 4.69) is 31.9 Å². The third kappa shape index (κ3) is 3.73. The summed E-state index contributed by atoms with van der Waals surface area (Å²) in [6.07, 6.45) is -0.691. The molecular formula is C9H9Br2NO4. The number of hydrogen-bond donors (Lipinski definition) is 1. The monoisotopic (exact) mass is 353 g/mol. The van der Waals surface area contributed by atoms with Crippen LogP contribution in [0.3, 0.4) is 0 Å². The molecule has 0 aliphatic heterocycles. The van der Waals surface area contributed by atoms with Crippen molar-refractivity contribution in [3.8, 4) is 5.75 Å². The zero-order valence-corrected chi connectivity index (χ0v) is 11.3. The summed E-state index contributed by atoms with van der Waals surface area (Å²) in [5, 5.41) is 20.3. The van der Waals surface area contributed by atoms with Crippen LogP contribution in [-0.4, -0.2) is 28.1 Å². The molecule has 1 rings (SSSR count). The van der Waals surface area contributed by atoms with E-state index >= 15 is 0 Å². The molecule has 1 unspecified atom stereocenters. The van der Waals surface area contributed by atoms with Gasteiger partial charge in [-0.3, -0.25) is 10.1 Å². The summed E-state index contributed by atoms with van der Waals surface area (Å²) in [6.45, 7) is 0.00766. The Morgan fingerprint density at radius 2 is 2.25 bits per heavy atom. The summed E-state index contributed by atoms with van der Waals surface area (Å²) >= 11 is 6.22. The Balaban J connectivity index is 2.82. The van der Waals surface area contributed by atoms with Crippen molar-refractivity contribution in [1.82, 2.24) is 0 Å². The predicted octanol–water partition coefficient (Wildman–Crippen LogP) is 2.49. The number of hydrogen-bond acceptors (Lipinski definition) is 4. The van der Waals surface area contributed by atoms with Crippen molar-refractivity contribution in [2.45, 2.75) is 6.10 Å². The lowest BCUT2D eigenvalue weighted by molar-refractivity contribution is -0.386. The second kappa shape index (κ2) is 6.17. The van der Waals surface area contributed by atoms with Gasteiger partial charge in [0.05, 0.1) is 11.0 Å². The molecule has 0 spiro atoms. The van der Waals surface area contributed by atoms with Crippen molar-refractivity contribution < 1.29 is 14.8 Å². The Morgan fingerprint density at radius 1 is 1.56 bits per heavy atom. The van der Waals surface area contributed by atoms with Gasteiger partial charge in [0.1, 0.15) is 6.61 Å². The largest absolute Gasteiger partial charge is 0.484 e. The molecule has 1 atom stereocenters. The zero-order chi connectivity index (χ0) is 12.1. The molecule has 0 heterocycles.